The van der Waals surface area contributed by atoms with Crippen LogP contribution in [0.1, 0.15) is 31.2 Å². The zero-order valence-electron chi connectivity index (χ0n) is 18.3. The van der Waals surface area contributed by atoms with Crippen molar-refractivity contribution in [3.05, 3.63) is 53.1 Å². The molecule has 8 heteroatoms. The highest BCUT2D eigenvalue weighted by molar-refractivity contribution is 6.30. The van der Waals surface area contributed by atoms with Crippen molar-refractivity contribution < 1.29 is 23.8 Å². The zero-order valence-corrected chi connectivity index (χ0v) is 19.1. The van der Waals surface area contributed by atoms with Gasteiger partial charge in [-0.3, -0.25) is 9.59 Å². The lowest BCUT2D eigenvalue weighted by Gasteiger charge is -2.42. The molecular weight excluding hydrogens is 444 g/mol. The van der Waals surface area contributed by atoms with Gasteiger partial charge in [0.25, 0.3) is 0 Å². The third kappa shape index (κ3) is 4.39. The van der Waals surface area contributed by atoms with Crippen molar-refractivity contribution in [2.24, 2.45) is 5.92 Å². The smallest absolute Gasteiger partial charge is 0.233 e. The maximum Gasteiger partial charge on any atom is 0.233 e. The summed E-state index contributed by atoms with van der Waals surface area (Å²) in [5, 5.41) is 3.61. The summed E-state index contributed by atoms with van der Waals surface area (Å²) in [6, 6.07) is 13.0. The van der Waals surface area contributed by atoms with Gasteiger partial charge in [0.1, 0.15) is 0 Å². The van der Waals surface area contributed by atoms with E-state index in [-0.39, 0.29) is 24.5 Å². The van der Waals surface area contributed by atoms with Crippen molar-refractivity contribution in [2.75, 3.05) is 38.4 Å². The summed E-state index contributed by atoms with van der Waals surface area (Å²) in [4.78, 5) is 28.5. The van der Waals surface area contributed by atoms with Crippen molar-refractivity contribution in [2.45, 2.75) is 31.1 Å². The van der Waals surface area contributed by atoms with Gasteiger partial charge in [0.05, 0.1) is 5.41 Å². The number of hydrogen-bond acceptors (Lipinski definition) is 5. The molecule has 1 N–H and O–H groups in total. The van der Waals surface area contributed by atoms with E-state index in [4.69, 9.17) is 25.8 Å². The van der Waals surface area contributed by atoms with E-state index in [1.54, 1.807) is 12.1 Å². The average Bonchev–Trinajstić information content (AvgIpc) is 3.32. The Kier molecular flexibility index (Phi) is 6.17. The summed E-state index contributed by atoms with van der Waals surface area (Å²) in [7, 11) is 0. The van der Waals surface area contributed by atoms with Gasteiger partial charge in [-0.05, 0) is 55.5 Å². The number of carbonyl (C=O) groups excluding carboxylic acids is 2. The molecule has 2 amide bonds. The molecule has 0 saturated carbocycles. The highest BCUT2D eigenvalue weighted by Crippen LogP contribution is 2.39. The maximum atomic E-state index is 13.8. The van der Waals surface area contributed by atoms with Crippen molar-refractivity contribution in [3.8, 4) is 11.5 Å². The van der Waals surface area contributed by atoms with Crippen molar-refractivity contribution in [3.63, 3.8) is 0 Å². The number of nitrogens with zero attached hydrogens (tertiary/aromatic N) is 1. The molecule has 3 aliphatic rings. The first-order chi connectivity index (χ1) is 16.0. The Bertz CT molecular complexity index is 1040. The minimum absolute atomic E-state index is 0.0309. The van der Waals surface area contributed by atoms with Crippen LogP contribution in [-0.4, -0.2) is 49.8 Å². The van der Waals surface area contributed by atoms with Crippen LogP contribution in [0.3, 0.4) is 0 Å². The number of nitrogens with one attached hydrogen (secondary N) is 1. The van der Waals surface area contributed by atoms with Crippen LogP contribution in [-0.2, 0) is 19.7 Å². The van der Waals surface area contributed by atoms with Gasteiger partial charge in [-0.25, -0.2) is 0 Å². The molecule has 0 radical (unpaired) electrons. The number of piperidine rings is 1. The minimum atomic E-state index is -0.620. The fourth-order valence-corrected chi connectivity index (χ4v) is 5.19. The van der Waals surface area contributed by atoms with Gasteiger partial charge in [-0.1, -0.05) is 23.7 Å². The molecule has 0 aliphatic carbocycles. The van der Waals surface area contributed by atoms with Gasteiger partial charge >= 0.3 is 0 Å². The third-order valence-electron chi connectivity index (χ3n) is 6.93. The maximum absolute atomic E-state index is 13.8. The summed E-state index contributed by atoms with van der Waals surface area (Å²) in [6.07, 6.45) is 2.53. The molecule has 0 spiro atoms. The van der Waals surface area contributed by atoms with Crippen LogP contribution in [0.2, 0.25) is 5.02 Å². The second kappa shape index (κ2) is 9.23. The zero-order chi connectivity index (χ0) is 22.8. The number of likely N-dealkylation sites (tertiary alicyclic amines) is 1. The largest absolute Gasteiger partial charge is 0.454 e. The molecule has 0 unspecified atom stereocenters. The predicted octanol–water partition coefficient (Wildman–Crippen LogP) is 3.99. The second-order valence-electron chi connectivity index (χ2n) is 8.83. The topological polar surface area (TPSA) is 77.1 Å². The molecule has 3 heterocycles. The standard InChI is InChI=1S/C25H27ClN2O5/c26-19-3-1-2-18(14-19)25(8-12-31-13-9-25)24(30)28-10-6-17(7-11-28)23(29)27-20-4-5-21-22(15-20)33-16-32-21/h1-5,14-15,17H,6-13,16H2,(H,27,29). The van der Waals surface area contributed by atoms with Crippen LogP contribution >= 0.6 is 11.6 Å². The molecule has 174 valence electrons. The Labute approximate surface area is 197 Å². The molecule has 5 rings (SSSR count). The number of fused-ring (bicyclic) bond motifs is 1. The molecule has 0 atom stereocenters. The SMILES string of the molecule is O=C(Nc1ccc2c(c1)OCO2)C1CCN(C(=O)C2(c3cccc(Cl)c3)CCOCC2)CC1. The van der Waals surface area contributed by atoms with E-state index in [2.05, 4.69) is 5.32 Å². The summed E-state index contributed by atoms with van der Waals surface area (Å²) < 4.78 is 16.3. The van der Waals surface area contributed by atoms with Gasteiger partial charge in [-0.15, -0.1) is 0 Å². The minimum Gasteiger partial charge on any atom is -0.454 e. The number of benzene rings is 2. The van der Waals surface area contributed by atoms with Gasteiger partial charge in [0, 0.05) is 49.0 Å². The number of halogens is 1. The lowest BCUT2D eigenvalue weighted by atomic mass is 9.72. The van der Waals surface area contributed by atoms with E-state index in [1.165, 1.54) is 0 Å². The van der Waals surface area contributed by atoms with Crippen molar-refractivity contribution >= 4 is 29.1 Å². The van der Waals surface area contributed by atoms with Gasteiger partial charge < -0.3 is 24.4 Å². The monoisotopic (exact) mass is 470 g/mol. The summed E-state index contributed by atoms with van der Waals surface area (Å²) in [5.41, 5.74) is 1.01. The van der Waals surface area contributed by atoms with E-state index in [0.717, 1.165) is 5.56 Å². The Morgan fingerprint density at radius 1 is 1.00 bits per heavy atom. The van der Waals surface area contributed by atoms with Gasteiger partial charge in [0.2, 0.25) is 18.6 Å². The molecule has 2 aromatic rings. The predicted molar refractivity (Wildman–Crippen MR) is 124 cm³/mol. The van der Waals surface area contributed by atoms with Crippen LogP contribution in [0, 0.1) is 5.92 Å². The average molecular weight is 471 g/mol. The van der Waals surface area contributed by atoms with E-state index in [0.29, 0.717) is 74.2 Å². The van der Waals surface area contributed by atoms with E-state index < -0.39 is 5.41 Å². The van der Waals surface area contributed by atoms with Gasteiger partial charge in [0.15, 0.2) is 11.5 Å². The molecule has 33 heavy (non-hydrogen) atoms. The highest BCUT2D eigenvalue weighted by Gasteiger charge is 2.45. The third-order valence-corrected chi connectivity index (χ3v) is 7.16. The van der Waals surface area contributed by atoms with Crippen LogP contribution in [0.4, 0.5) is 5.69 Å². The second-order valence-corrected chi connectivity index (χ2v) is 9.27. The lowest BCUT2D eigenvalue weighted by Crippen LogP contribution is -2.52. The Hall–Kier alpha value is -2.77. The number of anilines is 1. The fraction of sp³-hybridized carbons (Fsp3) is 0.440. The molecule has 2 aromatic carbocycles. The number of hydrogen-bond donors (Lipinski definition) is 1. The lowest BCUT2D eigenvalue weighted by molar-refractivity contribution is -0.143. The molecule has 0 aromatic heterocycles. The Morgan fingerprint density at radius 2 is 1.76 bits per heavy atom. The number of rotatable bonds is 4. The first-order valence-electron chi connectivity index (χ1n) is 11.4. The van der Waals surface area contributed by atoms with Crippen LogP contribution in [0.25, 0.3) is 0 Å². The summed E-state index contributed by atoms with van der Waals surface area (Å²) in [6.45, 7) is 2.41. The Morgan fingerprint density at radius 3 is 2.52 bits per heavy atom. The molecular formula is C25H27ClN2O5. The normalized spacial score (nSPS) is 19.8. The van der Waals surface area contributed by atoms with Crippen LogP contribution in [0.15, 0.2) is 42.5 Å². The number of ether oxygens (including phenoxy) is 3. The molecule has 2 fully saturated rings. The number of amides is 2. The summed E-state index contributed by atoms with van der Waals surface area (Å²) >= 11 is 6.25. The first kappa shape index (κ1) is 22.0. The van der Waals surface area contributed by atoms with E-state index in [9.17, 15) is 9.59 Å². The fourth-order valence-electron chi connectivity index (χ4n) is 5.00. The van der Waals surface area contributed by atoms with Gasteiger partial charge in [-0.2, -0.15) is 0 Å². The molecule has 7 nitrogen and oxygen atoms in total. The van der Waals surface area contributed by atoms with Crippen molar-refractivity contribution in [1.82, 2.24) is 4.90 Å². The molecule has 2 saturated heterocycles. The van der Waals surface area contributed by atoms with E-state index in [1.807, 2.05) is 35.2 Å². The highest BCUT2D eigenvalue weighted by atomic mass is 35.5. The first-order valence-corrected chi connectivity index (χ1v) is 11.8. The molecule has 3 aliphatic heterocycles. The summed E-state index contributed by atoms with van der Waals surface area (Å²) in [5.74, 6) is 1.26. The number of carbonyl (C=O) groups is 2. The molecule has 0 bridgehead atoms. The quantitative estimate of drug-likeness (QED) is 0.731. The van der Waals surface area contributed by atoms with Crippen LogP contribution in [0.5, 0.6) is 11.5 Å². The van der Waals surface area contributed by atoms with Crippen molar-refractivity contribution in [1.29, 1.82) is 0 Å². The van der Waals surface area contributed by atoms with Crippen LogP contribution < -0.4 is 14.8 Å². The Balaban J connectivity index is 1.24. The van der Waals surface area contributed by atoms with E-state index >= 15 is 0 Å².